The van der Waals surface area contributed by atoms with Crippen LogP contribution in [0.25, 0.3) is 0 Å². The molecule has 0 unspecified atom stereocenters. The highest BCUT2D eigenvalue weighted by Gasteiger charge is 2.40. The molecular formula is C14H27N. The lowest BCUT2D eigenvalue weighted by Crippen LogP contribution is -2.33. The van der Waals surface area contributed by atoms with E-state index in [0.29, 0.717) is 0 Å². The van der Waals surface area contributed by atoms with E-state index >= 15 is 0 Å². The van der Waals surface area contributed by atoms with Crippen LogP contribution in [0.15, 0.2) is 0 Å². The first-order valence-corrected chi connectivity index (χ1v) is 7.15. The first kappa shape index (κ1) is 11.4. The molecule has 1 nitrogen and oxygen atoms in total. The van der Waals surface area contributed by atoms with Crippen molar-refractivity contribution < 1.29 is 0 Å². The van der Waals surface area contributed by atoms with E-state index in [4.69, 9.17) is 0 Å². The van der Waals surface area contributed by atoms with Crippen LogP contribution in [0.4, 0.5) is 0 Å². The second kappa shape index (κ2) is 5.89. The normalized spacial score (nSPS) is 21.2. The van der Waals surface area contributed by atoms with Crippen molar-refractivity contribution in [2.45, 2.75) is 70.8 Å². The molecule has 0 heterocycles. The molecule has 0 radical (unpaired) electrons. The average Bonchev–Trinajstić information content (AvgIpc) is 3.09. The minimum Gasteiger partial charge on any atom is -0.313 e. The van der Waals surface area contributed by atoms with E-state index in [1.54, 1.807) is 0 Å². The molecule has 0 aromatic heterocycles. The Hall–Kier alpha value is -0.0400. The lowest BCUT2D eigenvalue weighted by Gasteiger charge is -2.17. The summed E-state index contributed by atoms with van der Waals surface area (Å²) in [6.45, 7) is 3.57. The van der Waals surface area contributed by atoms with Crippen LogP contribution in [-0.4, -0.2) is 12.6 Å². The summed E-state index contributed by atoms with van der Waals surface area (Å²) in [5.41, 5.74) is 0. The predicted octanol–water partition coefficient (Wildman–Crippen LogP) is 3.74. The molecule has 0 aliphatic heterocycles. The summed E-state index contributed by atoms with van der Waals surface area (Å²) < 4.78 is 0. The van der Waals surface area contributed by atoms with Gasteiger partial charge in [-0.3, -0.25) is 0 Å². The van der Waals surface area contributed by atoms with E-state index in [9.17, 15) is 0 Å². The molecule has 0 aromatic carbocycles. The molecule has 2 aliphatic rings. The molecular weight excluding hydrogens is 182 g/mol. The van der Waals surface area contributed by atoms with Crippen LogP contribution >= 0.6 is 0 Å². The molecule has 0 spiro atoms. The SMILES string of the molecule is CCCCCCCNC(C1CC1)C1CC1. The molecule has 0 amide bonds. The van der Waals surface area contributed by atoms with Gasteiger partial charge in [-0.15, -0.1) is 0 Å². The zero-order chi connectivity index (χ0) is 10.5. The topological polar surface area (TPSA) is 12.0 Å². The van der Waals surface area contributed by atoms with E-state index in [2.05, 4.69) is 12.2 Å². The fraction of sp³-hybridized carbons (Fsp3) is 1.00. The van der Waals surface area contributed by atoms with Gasteiger partial charge < -0.3 is 5.32 Å². The van der Waals surface area contributed by atoms with Crippen molar-refractivity contribution in [2.75, 3.05) is 6.54 Å². The third-order valence-electron chi connectivity index (χ3n) is 3.92. The van der Waals surface area contributed by atoms with Crippen LogP contribution in [0.3, 0.4) is 0 Å². The molecule has 0 saturated heterocycles. The van der Waals surface area contributed by atoms with Gasteiger partial charge in [0.15, 0.2) is 0 Å². The Kier molecular flexibility index (Phi) is 4.49. The lowest BCUT2D eigenvalue weighted by atomic mass is 10.1. The summed E-state index contributed by atoms with van der Waals surface area (Å²) in [7, 11) is 0. The zero-order valence-corrected chi connectivity index (χ0v) is 10.3. The van der Waals surface area contributed by atoms with Gasteiger partial charge in [-0.1, -0.05) is 32.6 Å². The van der Waals surface area contributed by atoms with Crippen molar-refractivity contribution in [3.63, 3.8) is 0 Å². The summed E-state index contributed by atoms with van der Waals surface area (Å²) in [4.78, 5) is 0. The van der Waals surface area contributed by atoms with Crippen LogP contribution in [-0.2, 0) is 0 Å². The maximum Gasteiger partial charge on any atom is 0.0124 e. The third kappa shape index (κ3) is 4.14. The van der Waals surface area contributed by atoms with Gasteiger partial charge in [-0.25, -0.2) is 0 Å². The van der Waals surface area contributed by atoms with Crippen LogP contribution in [0.2, 0.25) is 0 Å². The van der Waals surface area contributed by atoms with E-state index in [1.165, 1.54) is 64.3 Å². The van der Waals surface area contributed by atoms with Gasteiger partial charge in [0.1, 0.15) is 0 Å². The molecule has 2 rings (SSSR count). The quantitative estimate of drug-likeness (QED) is 0.570. The molecule has 15 heavy (non-hydrogen) atoms. The minimum atomic E-state index is 0.913. The van der Waals surface area contributed by atoms with Crippen molar-refractivity contribution in [2.24, 2.45) is 11.8 Å². The van der Waals surface area contributed by atoms with Gasteiger partial charge in [0.05, 0.1) is 0 Å². The smallest absolute Gasteiger partial charge is 0.0124 e. The second-order valence-electron chi connectivity index (χ2n) is 5.57. The molecule has 0 aromatic rings. The van der Waals surface area contributed by atoms with Gasteiger partial charge in [0.2, 0.25) is 0 Å². The highest BCUT2D eigenvalue weighted by Crippen LogP contribution is 2.44. The van der Waals surface area contributed by atoms with Crippen molar-refractivity contribution in [3.05, 3.63) is 0 Å². The van der Waals surface area contributed by atoms with E-state index in [-0.39, 0.29) is 0 Å². The summed E-state index contributed by atoms with van der Waals surface area (Å²) >= 11 is 0. The fourth-order valence-electron chi connectivity index (χ4n) is 2.63. The Labute approximate surface area is 95.0 Å². The average molecular weight is 209 g/mol. The molecule has 2 saturated carbocycles. The van der Waals surface area contributed by atoms with Gasteiger partial charge in [-0.2, -0.15) is 0 Å². The Morgan fingerprint density at radius 2 is 1.53 bits per heavy atom. The summed E-state index contributed by atoms with van der Waals surface area (Å²) in [5, 5.41) is 3.82. The highest BCUT2D eigenvalue weighted by molar-refractivity contribution is 4.96. The van der Waals surface area contributed by atoms with Gasteiger partial charge in [0.25, 0.3) is 0 Å². The predicted molar refractivity (Wildman–Crippen MR) is 66.0 cm³/mol. The first-order chi connectivity index (χ1) is 7.42. The number of nitrogens with one attached hydrogen (secondary N) is 1. The minimum absolute atomic E-state index is 0.913. The van der Waals surface area contributed by atoms with E-state index < -0.39 is 0 Å². The molecule has 2 aliphatic carbocycles. The van der Waals surface area contributed by atoms with E-state index in [0.717, 1.165) is 17.9 Å². The highest BCUT2D eigenvalue weighted by atomic mass is 14.9. The largest absolute Gasteiger partial charge is 0.313 e. The van der Waals surface area contributed by atoms with Gasteiger partial charge >= 0.3 is 0 Å². The third-order valence-corrected chi connectivity index (χ3v) is 3.92. The molecule has 1 N–H and O–H groups in total. The van der Waals surface area contributed by atoms with Crippen LogP contribution < -0.4 is 5.32 Å². The number of hydrogen-bond acceptors (Lipinski definition) is 1. The Morgan fingerprint density at radius 1 is 0.933 bits per heavy atom. The van der Waals surface area contributed by atoms with Crippen molar-refractivity contribution in [1.29, 1.82) is 0 Å². The van der Waals surface area contributed by atoms with Crippen molar-refractivity contribution in [1.82, 2.24) is 5.32 Å². The number of rotatable bonds is 9. The van der Waals surface area contributed by atoms with E-state index in [1.807, 2.05) is 0 Å². The van der Waals surface area contributed by atoms with Crippen molar-refractivity contribution in [3.8, 4) is 0 Å². The Morgan fingerprint density at radius 3 is 2.07 bits per heavy atom. The molecule has 0 bridgehead atoms. The monoisotopic (exact) mass is 209 g/mol. The molecule has 0 atom stereocenters. The van der Waals surface area contributed by atoms with Crippen molar-refractivity contribution >= 4 is 0 Å². The fourth-order valence-corrected chi connectivity index (χ4v) is 2.63. The second-order valence-corrected chi connectivity index (χ2v) is 5.57. The van der Waals surface area contributed by atoms with Crippen LogP contribution in [0, 0.1) is 11.8 Å². The Bertz CT molecular complexity index is 158. The maximum absolute atomic E-state index is 3.82. The first-order valence-electron chi connectivity index (χ1n) is 7.15. The number of hydrogen-bond donors (Lipinski definition) is 1. The molecule has 88 valence electrons. The Balaban J connectivity index is 1.48. The van der Waals surface area contributed by atoms with Gasteiger partial charge in [0, 0.05) is 6.04 Å². The summed E-state index contributed by atoms with van der Waals surface area (Å²) in [6, 6.07) is 0.913. The maximum atomic E-state index is 3.82. The standard InChI is InChI=1S/C14H27N/c1-2-3-4-5-6-11-15-14(12-7-8-12)13-9-10-13/h12-15H,2-11H2,1H3. The lowest BCUT2D eigenvalue weighted by molar-refractivity contribution is 0.409. The summed E-state index contributed by atoms with van der Waals surface area (Å²) in [5.74, 6) is 2.13. The molecule has 2 fully saturated rings. The van der Waals surface area contributed by atoms with Crippen LogP contribution in [0.5, 0.6) is 0 Å². The number of unbranched alkanes of at least 4 members (excludes halogenated alkanes) is 4. The summed E-state index contributed by atoms with van der Waals surface area (Å²) in [6.07, 6.45) is 13.1. The molecule has 1 heteroatoms. The van der Waals surface area contributed by atoms with Gasteiger partial charge in [-0.05, 0) is 50.5 Å². The van der Waals surface area contributed by atoms with Crippen LogP contribution in [0.1, 0.15) is 64.7 Å². The zero-order valence-electron chi connectivity index (χ0n) is 10.3.